The van der Waals surface area contributed by atoms with Crippen LogP contribution in [0.4, 0.5) is 0 Å². The standard InChI is InChI=1S/C17H23N3/c1-11(2)9-15-12(3)16(13-7-5-4-6-8-13)14(10-18)17(19)20-15/h4-8,11-12,14-16H,9H2,1-3H3,(H2,19,20). The van der Waals surface area contributed by atoms with Crippen molar-refractivity contribution in [2.45, 2.75) is 39.2 Å². The number of aliphatic imine (C=N–C) groups is 1. The normalized spacial score (nSPS) is 29.9. The highest BCUT2D eigenvalue weighted by Crippen LogP contribution is 2.40. The number of nitrogens with zero attached hydrogens (tertiary/aromatic N) is 2. The molecular formula is C17H23N3. The van der Waals surface area contributed by atoms with Crippen LogP contribution in [0.25, 0.3) is 0 Å². The molecule has 106 valence electrons. The van der Waals surface area contributed by atoms with Crippen molar-refractivity contribution in [2.24, 2.45) is 28.5 Å². The molecule has 1 aliphatic heterocycles. The lowest BCUT2D eigenvalue weighted by Crippen LogP contribution is -2.41. The van der Waals surface area contributed by atoms with E-state index in [-0.39, 0.29) is 17.9 Å². The van der Waals surface area contributed by atoms with Gasteiger partial charge in [-0.2, -0.15) is 5.26 Å². The predicted molar refractivity (Wildman–Crippen MR) is 82.3 cm³/mol. The van der Waals surface area contributed by atoms with Crippen molar-refractivity contribution < 1.29 is 0 Å². The van der Waals surface area contributed by atoms with Crippen molar-refractivity contribution in [3.63, 3.8) is 0 Å². The molecule has 2 N–H and O–H groups in total. The molecule has 0 aromatic heterocycles. The van der Waals surface area contributed by atoms with Crippen LogP contribution in [0.3, 0.4) is 0 Å². The summed E-state index contributed by atoms with van der Waals surface area (Å²) in [6.45, 7) is 6.60. The summed E-state index contributed by atoms with van der Waals surface area (Å²) in [5, 5.41) is 9.47. The number of hydrogen-bond acceptors (Lipinski definition) is 3. The molecular weight excluding hydrogens is 246 g/mol. The molecule has 2 rings (SSSR count). The first kappa shape index (κ1) is 14.6. The molecule has 4 atom stereocenters. The molecule has 0 radical (unpaired) electrons. The highest BCUT2D eigenvalue weighted by Gasteiger charge is 2.39. The minimum Gasteiger partial charge on any atom is -0.386 e. The van der Waals surface area contributed by atoms with E-state index in [0.717, 1.165) is 6.42 Å². The first-order valence-electron chi connectivity index (χ1n) is 7.32. The van der Waals surface area contributed by atoms with E-state index >= 15 is 0 Å². The average molecular weight is 269 g/mol. The molecule has 0 aliphatic carbocycles. The Kier molecular flexibility index (Phi) is 4.44. The lowest BCUT2D eigenvalue weighted by molar-refractivity contribution is 0.302. The fourth-order valence-corrected chi connectivity index (χ4v) is 3.18. The molecule has 20 heavy (non-hydrogen) atoms. The Balaban J connectivity index is 2.38. The van der Waals surface area contributed by atoms with Gasteiger partial charge < -0.3 is 5.73 Å². The van der Waals surface area contributed by atoms with E-state index in [1.807, 2.05) is 18.2 Å². The number of hydrogen-bond donors (Lipinski definition) is 1. The zero-order valence-electron chi connectivity index (χ0n) is 12.5. The molecule has 1 aromatic rings. The Morgan fingerprint density at radius 3 is 2.50 bits per heavy atom. The first-order valence-corrected chi connectivity index (χ1v) is 7.32. The number of amidine groups is 1. The Morgan fingerprint density at radius 2 is 1.95 bits per heavy atom. The molecule has 1 aliphatic rings. The van der Waals surface area contributed by atoms with E-state index in [2.05, 4.69) is 44.0 Å². The van der Waals surface area contributed by atoms with Gasteiger partial charge in [-0.25, -0.2) is 0 Å². The Bertz CT molecular complexity index is 513. The van der Waals surface area contributed by atoms with E-state index < -0.39 is 0 Å². The minimum atomic E-state index is -0.309. The highest BCUT2D eigenvalue weighted by atomic mass is 14.9. The van der Waals surface area contributed by atoms with Crippen LogP contribution in [0.2, 0.25) is 0 Å². The zero-order valence-corrected chi connectivity index (χ0v) is 12.5. The van der Waals surface area contributed by atoms with E-state index in [0.29, 0.717) is 17.7 Å². The SMILES string of the molecule is CC(C)CC1N=C(N)C(C#N)C(c2ccccc2)C1C. The van der Waals surface area contributed by atoms with Gasteiger partial charge in [-0.15, -0.1) is 0 Å². The summed E-state index contributed by atoms with van der Waals surface area (Å²) < 4.78 is 0. The second-order valence-electron chi connectivity index (χ2n) is 6.15. The minimum absolute atomic E-state index is 0.141. The van der Waals surface area contributed by atoms with Crippen molar-refractivity contribution in [1.82, 2.24) is 0 Å². The van der Waals surface area contributed by atoms with Crippen LogP contribution in [-0.4, -0.2) is 11.9 Å². The van der Waals surface area contributed by atoms with Crippen molar-refractivity contribution in [1.29, 1.82) is 5.26 Å². The van der Waals surface area contributed by atoms with Crippen LogP contribution in [0.5, 0.6) is 0 Å². The van der Waals surface area contributed by atoms with E-state index in [1.165, 1.54) is 5.56 Å². The molecule has 0 saturated heterocycles. The lowest BCUT2D eigenvalue weighted by Gasteiger charge is -2.37. The van der Waals surface area contributed by atoms with Gasteiger partial charge in [0.25, 0.3) is 0 Å². The third kappa shape index (κ3) is 2.85. The Morgan fingerprint density at radius 1 is 1.30 bits per heavy atom. The molecule has 0 bridgehead atoms. The molecule has 0 amide bonds. The van der Waals surface area contributed by atoms with E-state index in [4.69, 9.17) is 5.73 Å². The molecule has 0 fully saturated rings. The van der Waals surface area contributed by atoms with Crippen molar-refractivity contribution in [3.8, 4) is 6.07 Å². The van der Waals surface area contributed by atoms with Crippen LogP contribution in [0.15, 0.2) is 35.3 Å². The molecule has 4 unspecified atom stereocenters. The average Bonchev–Trinajstić information content (AvgIpc) is 2.42. The fourth-order valence-electron chi connectivity index (χ4n) is 3.18. The molecule has 3 heteroatoms. The summed E-state index contributed by atoms with van der Waals surface area (Å²) in [6, 6.07) is 12.8. The van der Waals surface area contributed by atoms with Crippen LogP contribution in [0.1, 0.15) is 38.7 Å². The second kappa shape index (κ2) is 6.09. The third-order valence-electron chi connectivity index (χ3n) is 4.20. The van der Waals surface area contributed by atoms with Gasteiger partial charge in [-0.05, 0) is 23.8 Å². The molecule has 3 nitrogen and oxygen atoms in total. The van der Waals surface area contributed by atoms with Gasteiger partial charge in [0, 0.05) is 5.92 Å². The van der Waals surface area contributed by atoms with Gasteiger partial charge >= 0.3 is 0 Å². The van der Waals surface area contributed by atoms with Crippen LogP contribution < -0.4 is 5.73 Å². The maximum atomic E-state index is 9.47. The fraction of sp³-hybridized carbons (Fsp3) is 0.529. The lowest BCUT2D eigenvalue weighted by atomic mass is 9.71. The zero-order chi connectivity index (χ0) is 14.7. The highest BCUT2D eigenvalue weighted by molar-refractivity contribution is 5.87. The number of benzene rings is 1. The summed E-state index contributed by atoms with van der Waals surface area (Å²) in [6.07, 6.45) is 1.02. The monoisotopic (exact) mass is 269 g/mol. The van der Waals surface area contributed by atoms with Crippen LogP contribution >= 0.6 is 0 Å². The van der Waals surface area contributed by atoms with Gasteiger partial charge in [-0.1, -0.05) is 51.1 Å². The van der Waals surface area contributed by atoms with Crippen molar-refractivity contribution in [3.05, 3.63) is 35.9 Å². The van der Waals surface area contributed by atoms with Crippen molar-refractivity contribution >= 4 is 5.84 Å². The summed E-state index contributed by atoms with van der Waals surface area (Å²) in [5.74, 6) is 1.24. The Labute approximate surface area is 121 Å². The van der Waals surface area contributed by atoms with Gasteiger partial charge in [0.1, 0.15) is 11.8 Å². The van der Waals surface area contributed by atoms with E-state index in [1.54, 1.807) is 0 Å². The molecule has 0 saturated carbocycles. The largest absolute Gasteiger partial charge is 0.386 e. The summed E-state index contributed by atoms with van der Waals surface area (Å²) in [5.41, 5.74) is 7.27. The second-order valence-corrected chi connectivity index (χ2v) is 6.15. The smallest absolute Gasteiger partial charge is 0.112 e. The van der Waals surface area contributed by atoms with Crippen molar-refractivity contribution in [2.75, 3.05) is 0 Å². The number of nitrogens with two attached hydrogens (primary N) is 1. The maximum Gasteiger partial charge on any atom is 0.112 e. The predicted octanol–water partition coefficient (Wildman–Crippen LogP) is 3.33. The topological polar surface area (TPSA) is 62.2 Å². The summed E-state index contributed by atoms with van der Waals surface area (Å²) in [4.78, 5) is 4.60. The molecule has 1 heterocycles. The summed E-state index contributed by atoms with van der Waals surface area (Å²) >= 11 is 0. The van der Waals surface area contributed by atoms with Gasteiger partial charge in [0.05, 0.1) is 12.1 Å². The number of rotatable bonds is 3. The molecule has 0 spiro atoms. The van der Waals surface area contributed by atoms with E-state index in [9.17, 15) is 5.26 Å². The maximum absolute atomic E-state index is 9.47. The third-order valence-corrected chi connectivity index (χ3v) is 4.20. The van der Waals surface area contributed by atoms with Gasteiger partial charge in [0.2, 0.25) is 0 Å². The molecule has 1 aromatic carbocycles. The van der Waals surface area contributed by atoms with Gasteiger partial charge in [0.15, 0.2) is 0 Å². The van der Waals surface area contributed by atoms with Crippen LogP contribution in [0, 0.1) is 29.1 Å². The summed E-state index contributed by atoms with van der Waals surface area (Å²) in [7, 11) is 0. The quantitative estimate of drug-likeness (QED) is 0.914. The first-order chi connectivity index (χ1) is 9.54. The van der Waals surface area contributed by atoms with Gasteiger partial charge in [-0.3, -0.25) is 4.99 Å². The van der Waals surface area contributed by atoms with Crippen LogP contribution in [-0.2, 0) is 0 Å². The number of nitriles is 1. The Hall–Kier alpha value is -1.82.